The van der Waals surface area contributed by atoms with Crippen molar-refractivity contribution in [2.24, 2.45) is 22.2 Å². The Labute approximate surface area is 97.6 Å². The molecule has 1 saturated carbocycles. The van der Waals surface area contributed by atoms with Gasteiger partial charge in [0.15, 0.2) is 5.17 Å². The summed E-state index contributed by atoms with van der Waals surface area (Å²) >= 11 is 1.63. The highest BCUT2D eigenvalue weighted by molar-refractivity contribution is 8.13. The molecular formula is C12H22N2S. The molecule has 1 fully saturated rings. The molecule has 1 rings (SSSR count). The molecule has 3 heteroatoms. The second-order valence-electron chi connectivity index (χ2n) is 4.97. The first kappa shape index (κ1) is 12.6. The van der Waals surface area contributed by atoms with Crippen LogP contribution in [0.3, 0.4) is 0 Å². The van der Waals surface area contributed by atoms with Crippen LogP contribution in [0.1, 0.15) is 27.2 Å². The number of nitrogens with zero attached hydrogens (tertiary/aromatic N) is 1. The molecule has 1 aliphatic carbocycles. The first-order valence-electron chi connectivity index (χ1n) is 5.39. The van der Waals surface area contributed by atoms with Crippen molar-refractivity contribution < 1.29 is 0 Å². The van der Waals surface area contributed by atoms with E-state index in [1.807, 2.05) is 6.26 Å². The van der Waals surface area contributed by atoms with Gasteiger partial charge in [-0.2, -0.15) is 0 Å². The number of hydrogen-bond acceptors (Lipinski definition) is 2. The van der Waals surface area contributed by atoms with Crippen LogP contribution < -0.4 is 5.32 Å². The van der Waals surface area contributed by atoms with E-state index in [-0.39, 0.29) is 0 Å². The van der Waals surface area contributed by atoms with Crippen molar-refractivity contribution in [3.8, 4) is 0 Å². The fourth-order valence-electron chi connectivity index (χ4n) is 2.17. The summed E-state index contributed by atoms with van der Waals surface area (Å²) in [4.78, 5) is 4.16. The lowest BCUT2D eigenvalue weighted by Gasteiger charge is -2.50. The maximum absolute atomic E-state index is 4.16. The van der Waals surface area contributed by atoms with Gasteiger partial charge in [0.1, 0.15) is 0 Å². The topological polar surface area (TPSA) is 24.4 Å². The zero-order valence-electron chi connectivity index (χ0n) is 10.4. The molecule has 86 valence electrons. The minimum Gasteiger partial charge on any atom is -0.339 e. The van der Waals surface area contributed by atoms with Gasteiger partial charge in [-0.3, -0.25) is 4.99 Å². The second-order valence-corrected chi connectivity index (χ2v) is 5.77. The Morgan fingerprint density at radius 3 is 2.47 bits per heavy atom. The Kier molecular flexibility index (Phi) is 3.87. The number of aliphatic imine (C=N–C) groups is 1. The molecule has 1 N–H and O–H groups in total. The van der Waals surface area contributed by atoms with E-state index < -0.39 is 0 Å². The smallest absolute Gasteiger partial charge is 0.160 e. The molecular weight excluding hydrogens is 204 g/mol. The summed E-state index contributed by atoms with van der Waals surface area (Å²) in [6.45, 7) is 11.1. The van der Waals surface area contributed by atoms with Crippen LogP contribution in [-0.2, 0) is 0 Å². The third-order valence-electron chi connectivity index (χ3n) is 3.69. The predicted molar refractivity (Wildman–Crippen MR) is 70.2 cm³/mol. The van der Waals surface area contributed by atoms with E-state index >= 15 is 0 Å². The SMILES string of the molecule is C=C(NC(=NC)SC)C1CC(C)(C)C1C. The maximum Gasteiger partial charge on any atom is 0.160 e. The lowest BCUT2D eigenvalue weighted by Crippen LogP contribution is -2.45. The van der Waals surface area contributed by atoms with Crippen molar-refractivity contribution in [2.75, 3.05) is 13.3 Å². The van der Waals surface area contributed by atoms with E-state index in [0.717, 1.165) is 10.9 Å². The maximum atomic E-state index is 4.16. The van der Waals surface area contributed by atoms with Crippen LogP contribution in [0.5, 0.6) is 0 Å². The van der Waals surface area contributed by atoms with E-state index in [4.69, 9.17) is 0 Å². The van der Waals surface area contributed by atoms with Gasteiger partial charge in [0.2, 0.25) is 0 Å². The van der Waals surface area contributed by atoms with E-state index in [1.54, 1.807) is 18.8 Å². The lowest BCUT2D eigenvalue weighted by atomic mass is 9.55. The highest BCUT2D eigenvalue weighted by atomic mass is 32.2. The van der Waals surface area contributed by atoms with Crippen molar-refractivity contribution in [1.82, 2.24) is 5.32 Å². The van der Waals surface area contributed by atoms with Crippen LogP contribution in [0, 0.1) is 17.3 Å². The van der Waals surface area contributed by atoms with Gasteiger partial charge < -0.3 is 5.32 Å². The Bertz CT molecular complexity index is 281. The Morgan fingerprint density at radius 1 is 1.53 bits per heavy atom. The minimum atomic E-state index is 0.470. The largest absolute Gasteiger partial charge is 0.339 e. The molecule has 0 saturated heterocycles. The zero-order chi connectivity index (χ0) is 11.6. The average Bonchev–Trinajstić information content (AvgIpc) is 2.21. The lowest BCUT2D eigenvalue weighted by molar-refractivity contribution is 0.0240. The van der Waals surface area contributed by atoms with Crippen molar-refractivity contribution >= 4 is 16.9 Å². The molecule has 0 aromatic heterocycles. The van der Waals surface area contributed by atoms with Crippen LogP contribution in [0.2, 0.25) is 0 Å². The summed E-state index contributed by atoms with van der Waals surface area (Å²) in [5, 5.41) is 4.26. The fourth-order valence-corrected chi connectivity index (χ4v) is 2.58. The van der Waals surface area contributed by atoms with Crippen molar-refractivity contribution in [1.29, 1.82) is 0 Å². The van der Waals surface area contributed by atoms with E-state index in [1.165, 1.54) is 6.42 Å². The Morgan fingerprint density at radius 2 is 2.13 bits per heavy atom. The first-order chi connectivity index (χ1) is 6.92. The third kappa shape index (κ3) is 2.57. The van der Waals surface area contributed by atoms with Gasteiger partial charge in [-0.1, -0.05) is 39.1 Å². The standard InChI is InChI=1S/C12H22N2S/c1-8-10(7-12(8,3)4)9(2)14-11(13-5)15-6/h8,10H,2,7H2,1,3-6H3,(H,13,14). The monoisotopic (exact) mass is 226 g/mol. The van der Waals surface area contributed by atoms with Crippen LogP contribution in [0.15, 0.2) is 17.3 Å². The molecule has 0 aromatic carbocycles. The van der Waals surface area contributed by atoms with Gasteiger partial charge in [0.25, 0.3) is 0 Å². The second kappa shape index (κ2) is 4.60. The molecule has 0 aromatic rings. The van der Waals surface area contributed by atoms with Crippen molar-refractivity contribution in [3.63, 3.8) is 0 Å². The normalized spacial score (nSPS) is 29.5. The molecule has 1 aliphatic rings. The third-order valence-corrected chi connectivity index (χ3v) is 4.37. The quantitative estimate of drug-likeness (QED) is 0.578. The van der Waals surface area contributed by atoms with Crippen LogP contribution in [0.25, 0.3) is 0 Å². The van der Waals surface area contributed by atoms with Crippen LogP contribution in [-0.4, -0.2) is 18.5 Å². The molecule has 0 bridgehead atoms. The van der Waals surface area contributed by atoms with Gasteiger partial charge in [0.05, 0.1) is 0 Å². The highest BCUT2D eigenvalue weighted by Gasteiger charge is 2.45. The molecule has 2 atom stereocenters. The number of allylic oxidation sites excluding steroid dienone is 1. The van der Waals surface area contributed by atoms with Crippen molar-refractivity contribution in [2.45, 2.75) is 27.2 Å². The molecule has 0 radical (unpaired) electrons. The van der Waals surface area contributed by atoms with Gasteiger partial charge in [-0.25, -0.2) is 0 Å². The van der Waals surface area contributed by atoms with Crippen LogP contribution >= 0.6 is 11.8 Å². The molecule has 0 spiro atoms. The molecule has 2 unspecified atom stereocenters. The summed E-state index contributed by atoms with van der Waals surface area (Å²) in [5.74, 6) is 1.31. The van der Waals surface area contributed by atoms with Crippen LogP contribution in [0.4, 0.5) is 0 Å². The van der Waals surface area contributed by atoms with Gasteiger partial charge in [0, 0.05) is 18.7 Å². The summed E-state index contributed by atoms with van der Waals surface area (Å²) in [5.41, 5.74) is 1.59. The van der Waals surface area contributed by atoms with Gasteiger partial charge in [-0.05, 0) is 24.0 Å². The summed E-state index contributed by atoms with van der Waals surface area (Å²) < 4.78 is 0. The molecule has 0 heterocycles. The fraction of sp³-hybridized carbons (Fsp3) is 0.750. The minimum absolute atomic E-state index is 0.470. The number of amidine groups is 1. The summed E-state index contributed by atoms with van der Waals surface area (Å²) in [7, 11) is 1.81. The zero-order valence-corrected chi connectivity index (χ0v) is 11.2. The summed E-state index contributed by atoms with van der Waals surface area (Å²) in [6.07, 6.45) is 3.25. The number of nitrogens with one attached hydrogen (secondary N) is 1. The first-order valence-corrected chi connectivity index (χ1v) is 6.61. The van der Waals surface area contributed by atoms with Gasteiger partial charge in [-0.15, -0.1) is 0 Å². The molecule has 0 amide bonds. The Balaban J connectivity index is 2.51. The van der Waals surface area contributed by atoms with Gasteiger partial charge >= 0.3 is 0 Å². The van der Waals surface area contributed by atoms with Crippen molar-refractivity contribution in [3.05, 3.63) is 12.3 Å². The molecule has 15 heavy (non-hydrogen) atoms. The Hall–Kier alpha value is -0.440. The number of rotatable bonds is 2. The summed E-state index contributed by atoms with van der Waals surface area (Å²) in [6, 6.07) is 0. The molecule has 0 aliphatic heterocycles. The van der Waals surface area contributed by atoms with E-state index in [0.29, 0.717) is 17.3 Å². The predicted octanol–water partition coefficient (Wildman–Crippen LogP) is 3.12. The number of hydrogen-bond donors (Lipinski definition) is 1. The van der Waals surface area contributed by atoms with E-state index in [9.17, 15) is 0 Å². The van der Waals surface area contributed by atoms with E-state index in [2.05, 4.69) is 37.7 Å². The average molecular weight is 226 g/mol. The molecule has 2 nitrogen and oxygen atoms in total. The number of thioether (sulfide) groups is 1. The highest BCUT2D eigenvalue weighted by Crippen LogP contribution is 2.52.